The first kappa shape index (κ1) is 15.4. The van der Waals surface area contributed by atoms with Crippen LogP contribution in [0.4, 0.5) is 0 Å². The number of nitrogens with zero attached hydrogens (tertiary/aromatic N) is 1. The highest BCUT2D eigenvalue weighted by Gasteiger charge is 2.40. The Morgan fingerprint density at radius 3 is 2.27 bits per heavy atom. The van der Waals surface area contributed by atoms with E-state index < -0.39 is 5.60 Å². The third-order valence-electron chi connectivity index (χ3n) is 5.59. The minimum atomic E-state index is -0.453. The molecule has 0 saturated carbocycles. The van der Waals surface area contributed by atoms with Crippen LogP contribution in [0, 0.1) is 0 Å². The highest BCUT2D eigenvalue weighted by atomic mass is 16.5. The molecule has 0 bridgehead atoms. The van der Waals surface area contributed by atoms with Crippen molar-refractivity contribution in [2.45, 2.75) is 18.6 Å². The molecule has 1 aliphatic heterocycles. The molecule has 0 amide bonds. The van der Waals surface area contributed by atoms with E-state index in [-0.39, 0.29) is 6.04 Å². The highest BCUT2D eigenvalue weighted by molar-refractivity contribution is 5.82. The maximum atomic E-state index is 6.55. The molecule has 0 N–H and O–H groups in total. The summed E-state index contributed by atoms with van der Waals surface area (Å²) in [6.45, 7) is 2.84. The van der Waals surface area contributed by atoms with E-state index in [0.29, 0.717) is 6.61 Å². The molecule has 128 valence electrons. The van der Waals surface area contributed by atoms with Gasteiger partial charge in [-0.2, -0.15) is 0 Å². The molecule has 3 aromatic carbocycles. The summed E-state index contributed by atoms with van der Waals surface area (Å²) in [6.07, 6.45) is 0. The van der Waals surface area contributed by atoms with E-state index in [9.17, 15) is 0 Å². The predicted molar refractivity (Wildman–Crippen MR) is 105 cm³/mol. The fourth-order valence-electron chi connectivity index (χ4n) is 4.18. The van der Waals surface area contributed by atoms with Gasteiger partial charge in [-0.05, 0) is 30.2 Å². The van der Waals surface area contributed by atoms with Crippen molar-refractivity contribution in [3.63, 3.8) is 0 Å². The minimum absolute atomic E-state index is 0.183. The predicted octanol–water partition coefficient (Wildman–Crippen LogP) is 5.52. The summed E-state index contributed by atoms with van der Waals surface area (Å²) in [5.74, 6) is 0. The summed E-state index contributed by atoms with van der Waals surface area (Å²) in [5.41, 5.74) is 4.50. The number of fused-ring (bicyclic) bond motifs is 3. The van der Waals surface area contributed by atoms with Crippen molar-refractivity contribution in [2.75, 3.05) is 6.61 Å². The molecular formula is C24H21NO. The third kappa shape index (κ3) is 2.23. The van der Waals surface area contributed by atoms with Gasteiger partial charge in [-0.15, -0.1) is 0 Å². The topological polar surface area (TPSA) is 14.2 Å². The lowest BCUT2D eigenvalue weighted by atomic mass is 9.89. The first-order valence-electron chi connectivity index (χ1n) is 9.12. The number of para-hydroxylation sites is 1. The van der Waals surface area contributed by atoms with Crippen LogP contribution in [0.3, 0.4) is 0 Å². The molecule has 0 fully saturated rings. The molecule has 0 spiro atoms. The molecule has 2 unspecified atom stereocenters. The van der Waals surface area contributed by atoms with Crippen LogP contribution in [0.1, 0.15) is 29.8 Å². The van der Waals surface area contributed by atoms with Crippen molar-refractivity contribution in [2.24, 2.45) is 0 Å². The monoisotopic (exact) mass is 339 g/mol. The van der Waals surface area contributed by atoms with Gasteiger partial charge in [0.05, 0.1) is 18.3 Å². The van der Waals surface area contributed by atoms with Crippen molar-refractivity contribution in [3.8, 4) is 0 Å². The van der Waals surface area contributed by atoms with Crippen LogP contribution in [-0.4, -0.2) is 11.2 Å². The Hall–Kier alpha value is -2.84. The van der Waals surface area contributed by atoms with Gasteiger partial charge in [-0.1, -0.05) is 78.9 Å². The highest BCUT2D eigenvalue weighted by Crippen LogP contribution is 2.43. The molecular weight excluding hydrogens is 318 g/mol. The maximum Gasteiger partial charge on any atom is 0.130 e. The summed E-state index contributed by atoms with van der Waals surface area (Å²) >= 11 is 0. The van der Waals surface area contributed by atoms with Gasteiger partial charge in [-0.3, -0.25) is 0 Å². The molecule has 0 saturated heterocycles. The molecule has 2 atom stereocenters. The van der Waals surface area contributed by atoms with Gasteiger partial charge in [0, 0.05) is 10.9 Å². The Kier molecular flexibility index (Phi) is 3.47. The van der Waals surface area contributed by atoms with Gasteiger partial charge in [0.2, 0.25) is 0 Å². The van der Waals surface area contributed by atoms with Crippen molar-refractivity contribution >= 4 is 10.9 Å². The van der Waals surface area contributed by atoms with Crippen molar-refractivity contribution in [1.82, 2.24) is 4.57 Å². The summed E-state index contributed by atoms with van der Waals surface area (Å²) in [4.78, 5) is 0. The second kappa shape index (κ2) is 5.86. The summed E-state index contributed by atoms with van der Waals surface area (Å²) in [5, 5.41) is 1.26. The number of ether oxygens (including phenoxy) is 1. The normalized spacial score (nSPS) is 22.3. The average Bonchev–Trinajstić information content (AvgIpc) is 3.11. The molecule has 4 aromatic rings. The largest absolute Gasteiger partial charge is 0.362 e. The minimum Gasteiger partial charge on any atom is -0.362 e. The van der Waals surface area contributed by atoms with Crippen LogP contribution in [0.15, 0.2) is 91.0 Å². The molecule has 0 radical (unpaired) electrons. The SMILES string of the molecule is CC1(c2ccccc2)OCC(c2ccccc2)n2c1cc1ccccc12. The Morgan fingerprint density at radius 1 is 0.846 bits per heavy atom. The lowest BCUT2D eigenvalue weighted by Gasteiger charge is -2.40. The molecule has 1 aliphatic rings. The van der Waals surface area contributed by atoms with Crippen LogP contribution in [0.5, 0.6) is 0 Å². The standard InChI is InChI=1S/C24H21NO/c1-24(20-13-6-3-7-14-20)23-16-19-12-8-9-15-21(19)25(23)22(17-26-24)18-10-4-2-5-11-18/h2-16,22H,17H2,1H3. The van der Waals surface area contributed by atoms with Gasteiger partial charge in [0.1, 0.15) is 5.60 Å². The van der Waals surface area contributed by atoms with Crippen molar-refractivity contribution in [3.05, 3.63) is 108 Å². The zero-order valence-corrected chi connectivity index (χ0v) is 14.8. The van der Waals surface area contributed by atoms with E-state index in [1.807, 2.05) is 0 Å². The fraction of sp³-hybridized carbons (Fsp3) is 0.167. The van der Waals surface area contributed by atoms with Gasteiger partial charge in [-0.25, -0.2) is 0 Å². The quantitative estimate of drug-likeness (QED) is 0.469. The number of rotatable bonds is 2. The number of aromatic nitrogens is 1. The summed E-state index contributed by atoms with van der Waals surface area (Å²) in [6, 6.07) is 32.3. The molecule has 2 heterocycles. The van der Waals surface area contributed by atoms with E-state index >= 15 is 0 Å². The summed E-state index contributed by atoms with van der Waals surface area (Å²) < 4.78 is 9.03. The lowest BCUT2D eigenvalue weighted by Crippen LogP contribution is -2.39. The smallest absolute Gasteiger partial charge is 0.130 e. The third-order valence-corrected chi connectivity index (χ3v) is 5.59. The molecule has 26 heavy (non-hydrogen) atoms. The molecule has 2 heteroatoms. The molecule has 1 aromatic heterocycles. The van der Waals surface area contributed by atoms with Crippen LogP contribution < -0.4 is 0 Å². The molecule has 0 aliphatic carbocycles. The molecule has 2 nitrogen and oxygen atoms in total. The van der Waals surface area contributed by atoms with Crippen LogP contribution in [0.25, 0.3) is 10.9 Å². The van der Waals surface area contributed by atoms with Gasteiger partial charge < -0.3 is 9.30 Å². The van der Waals surface area contributed by atoms with E-state index in [0.717, 1.165) is 0 Å². The van der Waals surface area contributed by atoms with E-state index in [1.54, 1.807) is 0 Å². The van der Waals surface area contributed by atoms with Gasteiger partial charge in [0.25, 0.3) is 0 Å². The van der Waals surface area contributed by atoms with Crippen LogP contribution >= 0.6 is 0 Å². The van der Waals surface area contributed by atoms with Gasteiger partial charge >= 0.3 is 0 Å². The second-order valence-electron chi connectivity index (χ2n) is 7.10. The zero-order chi connectivity index (χ0) is 17.6. The molecule has 5 rings (SSSR count). The Bertz CT molecular complexity index is 1050. The Labute approximate surface area is 153 Å². The maximum absolute atomic E-state index is 6.55. The first-order chi connectivity index (χ1) is 12.8. The second-order valence-corrected chi connectivity index (χ2v) is 7.10. The first-order valence-corrected chi connectivity index (χ1v) is 9.12. The van der Waals surface area contributed by atoms with E-state index in [2.05, 4.69) is 102 Å². The number of benzene rings is 3. The van der Waals surface area contributed by atoms with Crippen LogP contribution in [0.2, 0.25) is 0 Å². The number of hydrogen-bond donors (Lipinski definition) is 0. The fourth-order valence-corrected chi connectivity index (χ4v) is 4.18. The Balaban J connectivity index is 1.78. The van der Waals surface area contributed by atoms with Crippen molar-refractivity contribution in [1.29, 1.82) is 0 Å². The average molecular weight is 339 g/mol. The Morgan fingerprint density at radius 2 is 1.50 bits per heavy atom. The van der Waals surface area contributed by atoms with E-state index in [4.69, 9.17) is 4.74 Å². The zero-order valence-electron chi connectivity index (χ0n) is 14.8. The summed E-state index contributed by atoms with van der Waals surface area (Å²) in [7, 11) is 0. The van der Waals surface area contributed by atoms with Gasteiger partial charge in [0.15, 0.2) is 0 Å². The number of hydrogen-bond acceptors (Lipinski definition) is 1. The van der Waals surface area contributed by atoms with Crippen LogP contribution in [-0.2, 0) is 10.3 Å². The lowest BCUT2D eigenvalue weighted by molar-refractivity contribution is -0.0423. The van der Waals surface area contributed by atoms with E-state index in [1.165, 1.54) is 27.7 Å². The van der Waals surface area contributed by atoms with Crippen molar-refractivity contribution < 1.29 is 4.74 Å².